The second kappa shape index (κ2) is 7.75. The van der Waals surface area contributed by atoms with Gasteiger partial charge in [0.25, 0.3) is 5.69 Å². The maximum atomic E-state index is 11.2. The van der Waals surface area contributed by atoms with Crippen molar-refractivity contribution in [1.29, 1.82) is 0 Å². The first kappa shape index (κ1) is 18.7. The third-order valence-electron chi connectivity index (χ3n) is 5.04. The number of non-ortho nitro benzene ring substituents is 1. The quantitative estimate of drug-likeness (QED) is 0.228. The van der Waals surface area contributed by atoms with Crippen LogP contribution < -0.4 is 4.90 Å². The van der Waals surface area contributed by atoms with Gasteiger partial charge < -0.3 is 9.32 Å². The van der Waals surface area contributed by atoms with E-state index < -0.39 is 0 Å². The van der Waals surface area contributed by atoms with Crippen molar-refractivity contribution in [3.05, 3.63) is 76.3 Å². The molecule has 0 saturated heterocycles. The molecule has 146 valence electrons. The Hall–Kier alpha value is -3.67. The zero-order valence-electron chi connectivity index (χ0n) is 16.3. The minimum Gasteiger partial charge on any atom is -0.456 e. The van der Waals surface area contributed by atoms with Crippen LogP contribution in [-0.4, -0.2) is 24.2 Å². The van der Waals surface area contributed by atoms with Crippen molar-refractivity contribution in [2.45, 2.75) is 13.8 Å². The van der Waals surface area contributed by atoms with Crippen LogP contribution in [-0.2, 0) is 0 Å². The Morgan fingerprint density at radius 2 is 1.76 bits per heavy atom. The molecule has 0 aliphatic heterocycles. The first-order chi connectivity index (χ1) is 14.1. The zero-order valence-corrected chi connectivity index (χ0v) is 16.3. The number of aliphatic imine (C=N–C) groups is 1. The third-order valence-corrected chi connectivity index (χ3v) is 5.04. The Bertz CT molecular complexity index is 1220. The van der Waals surface area contributed by atoms with Gasteiger partial charge in [-0.3, -0.25) is 15.1 Å². The molecular weight excluding hydrogens is 366 g/mol. The summed E-state index contributed by atoms with van der Waals surface area (Å²) in [6.45, 7) is 5.73. The number of para-hydroxylation sites is 1. The van der Waals surface area contributed by atoms with Crippen LogP contribution in [0.25, 0.3) is 21.9 Å². The zero-order chi connectivity index (χ0) is 20.4. The van der Waals surface area contributed by atoms with Gasteiger partial charge in [-0.15, -0.1) is 0 Å². The fourth-order valence-electron chi connectivity index (χ4n) is 3.55. The van der Waals surface area contributed by atoms with Gasteiger partial charge in [0.1, 0.15) is 11.2 Å². The van der Waals surface area contributed by atoms with Crippen molar-refractivity contribution in [3.8, 4) is 0 Å². The molecule has 3 aromatic carbocycles. The molecule has 0 unspecified atom stereocenters. The van der Waals surface area contributed by atoms with E-state index in [9.17, 15) is 10.1 Å². The number of anilines is 1. The summed E-state index contributed by atoms with van der Waals surface area (Å²) in [6, 6.07) is 18.6. The van der Waals surface area contributed by atoms with E-state index >= 15 is 0 Å². The van der Waals surface area contributed by atoms with Crippen molar-refractivity contribution in [2.24, 2.45) is 4.99 Å². The number of benzene rings is 3. The average Bonchev–Trinajstić information content (AvgIpc) is 3.11. The lowest BCUT2D eigenvalue weighted by Crippen LogP contribution is -2.23. The standard InChI is InChI=1S/C23H21N3O3/c1-3-25(4-2)21-12-10-18(26(27)28)13-16(21)15-24-17-9-11-20-19-7-5-6-8-22(19)29-23(20)14-17/h5-15H,3-4H2,1-2H3. The number of nitrogens with zero attached hydrogens (tertiary/aromatic N) is 3. The van der Waals surface area contributed by atoms with Crippen molar-refractivity contribution in [3.63, 3.8) is 0 Å². The van der Waals surface area contributed by atoms with Gasteiger partial charge in [-0.05, 0) is 38.1 Å². The van der Waals surface area contributed by atoms with Gasteiger partial charge in [-0.2, -0.15) is 0 Å². The maximum Gasteiger partial charge on any atom is 0.270 e. The van der Waals surface area contributed by atoms with Gasteiger partial charge in [0.2, 0.25) is 0 Å². The number of rotatable bonds is 6. The van der Waals surface area contributed by atoms with Gasteiger partial charge in [0.15, 0.2) is 0 Å². The van der Waals surface area contributed by atoms with Gasteiger partial charge in [0, 0.05) is 59.5 Å². The third kappa shape index (κ3) is 3.57. The molecule has 6 heteroatoms. The van der Waals surface area contributed by atoms with Crippen molar-refractivity contribution < 1.29 is 9.34 Å². The van der Waals surface area contributed by atoms with Crippen LogP contribution in [0.15, 0.2) is 70.1 Å². The van der Waals surface area contributed by atoms with E-state index in [-0.39, 0.29) is 10.6 Å². The number of nitro benzene ring substituents is 1. The molecule has 6 nitrogen and oxygen atoms in total. The van der Waals surface area contributed by atoms with Crippen LogP contribution in [0.1, 0.15) is 19.4 Å². The van der Waals surface area contributed by atoms with Crippen molar-refractivity contribution in [1.82, 2.24) is 0 Å². The summed E-state index contributed by atoms with van der Waals surface area (Å²) in [7, 11) is 0. The molecule has 0 N–H and O–H groups in total. The van der Waals surface area contributed by atoms with Crippen molar-refractivity contribution in [2.75, 3.05) is 18.0 Å². The second-order valence-electron chi connectivity index (χ2n) is 6.71. The predicted molar refractivity (Wildman–Crippen MR) is 118 cm³/mol. The first-order valence-electron chi connectivity index (χ1n) is 9.59. The number of hydrogen-bond acceptors (Lipinski definition) is 5. The highest BCUT2D eigenvalue weighted by Gasteiger charge is 2.13. The average molecular weight is 387 g/mol. The van der Waals surface area contributed by atoms with Crippen LogP contribution in [0.2, 0.25) is 0 Å². The molecule has 1 aromatic heterocycles. The molecule has 4 aromatic rings. The Labute approximate surface area is 168 Å². The lowest BCUT2D eigenvalue weighted by molar-refractivity contribution is -0.384. The highest BCUT2D eigenvalue weighted by atomic mass is 16.6. The lowest BCUT2D eigenvalue weighted by Gasteiger charge is -2.22. The Kier molecular flexibility index (Phi) is 4.99. The topological polar surface area (TPSA) is 71.9 Å². The smallest absolute Gasteiger partial charge is 0.270 e. The fourth-order valence-corrected chi connectivity index (χ4v) is 3.55. The van der Waals surface area contributed by atoms with E-state index in [0.717, 1.165) is 46.4 Å². The van der Waals surface area contributed by atoms with E-state index in [4.69, 9.17) is 4.42 Å². The molecule has 0 atom stereocenters. The molecule has 0 fully saturated rings. The fraction of sp³-hybridized carbons (Fsp3) is 0.174. The number of hydrogen-bond donors (Lipinski definition) is 0. The van der Waals surface area contributed by atoms with Gasteiger partial charge in [-0.25, -0.2) is 0 Å². The second-order valence-corrected chi connectivity index (χ2v) is 6.71. The number of nitro groups is 1. The van der Waals surface area contributed by atoms with Crippen LogP contribution in [0.3, 0.4) is 0 Å². The monoisotopic (exact) mass is 387 g/mol. The molecular formula is C23H21N3O3. The molecule has 0 saturated carbocycles. The van der Waals surface area contributed by atoms with Gasteiger partial charge in [0.05, 0.1) is 10.6 Å². The summed E-state index contributed by atoms with van der Waals surface area (Å²) < 4.78 is 5.92. The molecule has 0 amide bonds. The molecule has 0 aliphatic carbocycles. The molecule has 0 spiro atoms. The van der Waals surface area contributed by atoms with Crippen LogP contribution in [0, 0.1) is 10.1 Å². The van der Waals surface area contributed by atoms with E-state index in [2.05, 4.69) is 23.7 Å². The van der Waals surface area contributed by atoms with Gasteiger partial charge >= 0.3 is 0 Å². The summed E-state index contributed by atoms with van der Waals surface area (Å²) >= 11 is 0. The van der Waals surface area contributed by atoms with E-state index in [1.54, 1.807) is 18.3 Å². The van der Waals surface area contributed by atoms with Gasteiger partial charge in [-0.1, -0.05) is 18.2 Å². The summed E-state index contributed by atoms with van der Waals surface area (Å²) in [5.74, 6) is 0. The van der Waals surface area contributed by atoms with Crippen LogP contribution in [0.5, 0.6) is 0 Å². The summed E-state index contributed by atoms with van der Waals surface area (Å²) in [6.07, 6.45) is 1.68. The Balaban J connectivity index is 1.75. The van der Waals surface area contributed by atoms with E-state index in [0.29, 0.717) is 5.56 Å². The van der Waals surface area contributed by atoms with E-state index in [1.165, 1.54) is 6.07 Å². The predicted octanol–water partition coefficient (Wildman–Crippen LogP) is 6.09. The lowest BCUT2D eigenvalue weighted by atomic mass is 10.1. The molecule has 1 heterocycles. The van der Waals surface area contributed by atoms with Crippen LogP contribution in [0.4, 0.5) is 17.1 Å². The Morgan fingerprint density at radius 3 is 2.52 bits per heavy atom. The first-order valence-corrected chi connectivity index (χ1v) is 9.59. The summed E-state index contributed by atoms with van der Waals surface area (Å²) in [4.78, 5) is 17.6. The normalized spacial score (nSPS) is 11.5. The Morgan fingerprint density at radius 1 is 1.00 bits per heavy atom. The minimum atomic E-state index is -0.385. The molecule has 4 rings (SSSR count). The minimum absolute atomic E-state index is 0.0510. The molecule has 0 bridgehead atoms. The number of furan rings is 1. The van der Waals surface area contributed by atoms with Crippen LogP contribution >= 0.6 is 0 Å². The number of fused-ring (bicyclic) bond motifs is 3. The molecule has 0 aliphatic rings. The summed E-state index contributed by atoms with van der Waals surface area (Å²) in [5.41, 5.74) is 4.03. The SMILES string of the molecule is CCN(CC)c1ccc([N+](=O)[O-])cc1C=Nc1ccc2c(c1)oc1ccccc12. The highest BCUT2D eigenvalue weighted by Crippen LogP contribution is 2.31. The van der Waals surface area contributed by atoms with Crippen molar-refractivity contribution >= 4 is 45.2 Å². The summed E-state index contributed by atoms with van der Waals surface area (Å²) in [5, 5.41) is 13.3. The molecule has 0 radical (unpaired) electrons. The molecule has 29 heavy (non-hydrogen) atoms. The largest absolute Gasteiger partial charge is 0.456 e. The van der Waals surface area contributed by atoms with E-state index in [1.807, 2.05) is 42.5 Å². The highest BCUT2D eigenvalue weighted by molar-refractivity contribution is 6.05. The maximum absolute atomic E-state index is 11.2.